The summed E-state index contributed by atoms with van der Waals surface area (Å²) < 4.78 is 3.27. The Morgan fingerprint density at radius 2 is 1.85 bits per heavy atom. The highest BCUT2D eigenvalue weighted by molar-refractivity contribution is 5.52. The summed E-state index contributed by atoms with van der Waals surface area (Å²) in [6.45, 7) is 3.63. The van der Waals surface area contributed by atoms with E-state index in [0.717, 1.165) is 37.1 Å². The molecule has 0 N–H and O–H groups in total. The molecule has 0 aromatic carbocycles. The van der Waals surface area contributed by atoms with Crippen LogP contribution in [0.3, 0.4) is 0 Å². The maximum Gasteiger partial charge on any atom is 0.336 e. The topological polar surface area (TPSA) is 78.8 Å². The third kappa shape index (κ3) is 1.73. The minimum atomic E-state index is -0.371. The lowest BCUT2D eigenvalue weighted by molar-refractivity contribution is -0.385. The van der Waals surface area contributed by atoms with Gasteiger partial charge in [0, 0.05) is 12.7 Å². The van der Waals surface area contributed by atoms with Crippen molar-refractivity contribution < 1.29 is 4.92 Å². The lowest BCUT2D eigenvalue weighted by atomic mass is 9.96. The van der Waals surface area contributed by atoms with E-state index in [9.17, 15) is 10.1 Å². The van der Waals surface area contributed by atoms with E-state index in [1.165, 1.54) is 5.56 Å². The molecule has 0 atom stereocenters. The molecule has 0 aliphatic heterocycles. The highest BCUT2D eigenvalue weighted by atomic mass is 16.6. The zero-order chi connectivity index (χ0) is 14.4. The van der Waals surface area contributed by atoms with E-state index < -0.39 is 0 Å². The van der Waals surface area contributed by atoms with Crippen LogP contribution in [0.25, 0.3) is 5.82 Å². The fourth-order valence-electron chi connectivity index (χ4n) is 3.04. The standard InChI is InChI=1S/C13H17N5O2/c1-8-10-6-4-5-7-11(10)17(15-8)13-12(18(19)20)9(2)14-16(13)3/h4-7H2,1-3H3. The number of rotatable bonds is 2. The van der Waals surface area contributed by atoms with E-state index in [1.807, 2.05) is 6.92 Å². The molecule has 20 heavy (non-hydrogen) atoms. The molecule has 2 heterocycles. The summed E-state index contributed by atoms with van der Waals surface area (Å²) in [4.78, 5) is 10.9. The first-order chi connectivity index (χ1) is 9.50. The molecule has 0 spiro atoms. The summed E-state index contributed by atoms with van der Waals surface area (Å²) in [5.74, 6) is 0.457. The van der Waals surface area contributed by atoms with E-state index in [-0.39, 0.29) is 10.6 Å². The number of aromatic nitrogens is 4. The maximum atomic E-state index is 11.3. The number of aryl methyl sites for hydroxylation is 3. The highest BCUT2D eigenvalue weighted by Crippen LogP contribution is 2.31. The molecular formula is C13H17N5O2. The van der Waals surface area contributed by atoms with Crippen LogP contribution in [-0.2, 0) is 19.9 Å². The molecule has 2 aromatic heterocycles. The molecule has 7 nitrogen and oxygen atoms in total. The minimum Gasteiger partial charge on any atom is -0.258 e. The van der Waals surface area contributed by atoms with Crippen molar-refractivity contribution in [3.05, 3.63) is 32.8 Å². The number of hydrogen-bond donors (Lipinski definition) is 0. The largest absolute Gasteiger partial charge is 0.336 e. The van der Waals surface area contributed by atoms with Crippen LogP contribution in [0.15, 0.2) is 0 Å². The minimum absolute atomic E-state index is 0.0448. The fourth-order valence-corrected chi connectivity index (χ4v) is 3.04. The zero-order valence-electron chi connectivity index (χ0n) is 11.9. The smallest absolute Gasteiger partial charge is 0.258 e. The Kier molecular flexibility index (Phi) is 2.84. The first-order valence-corrected chi connectivity index (χ1v) is 6.76. The summed E-state index contributed by atoms with van der Waals surface area (Å²) in [6.07, 6.45) is 4.18. The monoisotopic (exact) mass is 275 g/mol. The second-order valence-corrected chi connectivity index (χ2v) is 5.27. The van der Waals surface area contributed by atoms with E-state index in [0.29, 0.717) is 11.5 Å². The van der Waals surface area contributed by atoms with Crippen LogP contribution in [0.1, 0.15) is 35.5 Å². The van der Waals surface area contributed by atoms with Crippen molar-refractivity contribution in [1.29, 1.82) is 0 Å². The molecule has 106 valence electrons. The first-order valence-electron chi connectivity index (χ1n) is 6.76. The van der Waals surface area contributed by atoms with E-state index >= 15 is 0 Å². The summed E-state index contributed by atoms with van der Waals surface area (Å²) >= 11 is 0. The molecule has 3 rings (SSSR count). The number of hydrogen-bond acceptors (Lipinski definition) is 4. The number of nitro groups is 1. The molecule has 0 fully saturated rings. The van der Waals surface area contributed by atoms with Crippen LogP contribution >= 0.6 is 0 Å². The Labute approximate surface area is 116 Å². The van der Waals surface area contributed by atoms with Crippen molar-refractivity contribution in [1.82, 2.24) is 19.6 Å². The van der Waals surface area contributed by atoms with E-state index in [1.54, 1.807) is 23.3 Å². The van der Waals surface area contributed by atoms with Gasteiger partial charge in [-0.15, -0.1) is 0 Å². The van der Waals surface area contributed by atoms with Crippen molar-refractivity contribution in [2.75, 3.05) is 0 Å². The fraction of sp³-hybridized carbons (Fsp3) is 0.538. The van der Waals surface area contributed by atoms with E-state index in [4.69, 9.17) is 0 Å². The van der Waals surface area contributed by atoms with Gasteiger partial charge in [-0.25, -0.2) is 9.36 Å². The zero-order valence-corrected chi connectivity index (χ0v) is 11.9. The summed E-state index contributed by atoms with van der Waals surface area (Å²) in [6, 6.07) is 0. The third-order valence-electron chi connectivity index (χ3n) is 3.93. The van der Waals surface area contributed by atoms with Crippen molar-refractivity contribution >= 4 is 5.69 Å². The van der Waals surface area contributed by atoms with Crippen LogP contribution in [0.5, 0.6) is 0 Å². The van der Waals surface area contributed by atoms with Crippen LogP contribution in [0.2, 0.25) is 0 Å². The molecule has 7 heteroatoms. The molecule has 0 bridgehead atoms. The van der Waals surface area contributed by atoms with Crippen LogP contribution in [0, 0.1) is 24.0 Å². The van der Waals surface area contributed by atoms with Crippen molar-refractivity contribution in [2.45, 2.75) is 39.5 Å². The molecule has 0 saturated carbocycles. The Balaban J connectivity index is 2.27. The number of fused-ring (bicyclic) bond motifs is 1. The second-order valence-electron chi connectivity index (χ2n) is 5.27. The molecule has 2 aromatic rings. The van der Waals surface area contributed by atoms with Gasteiger partial charge in [-0.1, -0.05) is 0 Å². The first kappa shape index (κ1) is 12.8. The Hall–Kier alpha value is -2.18. The third-order valence-corrected chi connectivity index (χ3v) is 3.93. The Bertz CT molecular complexity index is 698. The summed E-state index contributed by atoms with van der Waals surface area (Å²) in [7, 11) is 1.72. The molecular weight excluding hydrogens is 258 g/mol. The predicted molar refractivity (Wildman–Crippen MR) is 73.1 cm³/mol. The second kappa shape index (κ2) is 4.43. The molecule has 0 unspecified atom stereocenters. The Morgan fingerprint density at radius 3 is 2.55 bits per heavy atom. The molecule has 1 aliphatic carbocycles. The lowest BCUT2D eigenvalue weighted by Gasteiger charge is -2.13. The number of nitrogens with zero attached hydrogens (tertiary/aromatic N) is 5. The summed E-state index contributed by atoms with van der Waals surface area (Å²) in [5.41, 5.74) is 3.77. The van der Waals surface area contributed by atoms with Crippen molar-refractivity contribution in [3.8, 4) is 5.82 Å². The van der Waals surface area contributed by atoms with Gasteiger partial charge in [0.2, 0.25) is 5.82 Å². The van der Waals surface area contributed by atoms with Gasteiger partial charge >= 0.3 is 5.69 Å². The van der Waals surface area contributed by atoms with Gasteiger partial charge < -0.3 is 0 Å². The summed E-state index contributed by atoms with van der Waals surface area (Å²) in [5, 5.41) is 20.0. The Morgan fingerprint density at radius 1 is 1.15 bits per heavy atom. The molecule has 0 amide bonds. The van der Waals surface area contributed by atoms with Crippen LogP contribution in [-0.4, -0.2) is 24.5 Å². The quantitative estimate of drug-likeness (QED) is 0.620. The van der Waals surface area contributed by atoms with Gasteiger partial charge in [-0.05, 0) is 45.1 Å². The van der Waals surface area contributed by atoms with Gasteiger partial charge in [-0.3, -0.25) is 10.1 Å². The van der Waals surface area contributed by atoms with Gasteiger partial charge in [0.05, 0.1) is 10.6 Å². The SMILES string of the molecule is Cc1nn(-c2c([N+](=O)[O-])c(C)nn2C)c2c1CCCC2. The highest BCUT2D eigenvalue weighted by Gasteiger charge is 2.29. The van der Waals surface area contributed by atoms with Gasteiger partial charge in [-0.2, -0.15) is 10.2 Å². The average Bonchev–Trinajstić information content (AvgIpc) is 2.87. The lowest BCUT2D eigenvalue weighted by Crippen LogP contribution is -2.12. The van der Waals surface area contributed by atoms with Gasteiger partial charge in [0.1, 0.15) is 5.69 Å². The van der Waals surface area contributed by atoms with Gasteiger partial charge in [0.25, 0.3) is 0 Å². The van der Waals surface area contributed by atoms with E-state index in [2.05, 4.69) is 10.2 Å². The normalized spacial score (nSPS) is 14.3. The predicted octanol–water partition coefficient (Wildman–Crippen LogP) is 2.01. The van der Waals surface area contributed by atoms with Crippen LogP contribution in [0.4, 0.5) is 5.69 Å². The molecule has 1 aliphatic rings. The average molecular weight is 275 g/mol. The van der Waals surface area contributed by atoms with Crippen LogP contribution < -0.4 is 0 Å². The maximum absolute atomic E-state index is 11.3. The van der Waals surface area contributed by atoms with Gasteiger partial charge in [0.15, 0.2) is 0 Å². The molecule has 0 saturated heterocycles. The molecule has 0 radical (unpaired) electrons. The van der Waals surface area contributed by atoms with Crippen molar-refractivity contribution in [2.24, 2.45) is 7.05 Å². The van der Waals surface area contributed by atoms with Crippen molar-refractivity contribution in [3.63, 3.8) is 0 Å².